The molecule has 0 aromatic rings. The number of rotatable bonds is 4. The Morgan fingerprint density at radius 3 is 2.38 bits per heavy atom. The van der Waals surface area contributed by atoms with Crippen molar-refractivity contribution in [2.24, 2.45) is 0 Å². The molecule has 1 aliphatic rings. The zero-order valence-electron chi connectivity index (χ0n) is 9.30. The molecule has 8 heteroatoms. The number of amides is 1. The summed E-state index contributed by atoms with van der Waals surface area (Å²) in [4.78, 5) is 13.0. The predicted molar refractivity (Wildman–Crippen MR) is 56.1 cm³/mol. The van der Waals surface area contributed by atoms with Crippen molar-refractivity contribution in [2.75, 3.05) is 26.5 Å². The fraction of sp³-hybridized carbons (Fsp3) is 0.875. The number of carbonyl (C=O) groups is 1. The molecule has 1 rings (SSSR count). The minimum absolute atomic E-state index is 0.569. The summed E-state index contributed by atoms with van der Waals surface area (Å²) in [5.74, 6) is 0. The van der Waals surface area contributed by atoms with Crippen LogP contribution in [-0.4, -0.2) is 52.3 Å². The first kappa shape index (κ1) is 13.2. The number of hydrogen-bond acceptors (Lipinski definition) is 5. The van der Waals surface area contributed by atoms with Crippen molar-refractivity contribution < 1.29 is 22.7 Å². The number of sulfonamides is 1. The molecule has 1 saturated heterocycles. The van der Waals surface area contributed by atoms with Crippen LogP contribution in [0.1, 0.15) is 12.8 Å². The van der Waals surface area contributed by atoms with E-state index in [1.807, 2.05) is 4.72 Å². The molecule has 0 saturated carbocycles. The van der Waals surface area contributed by atoms with Crippen molar-refractivity contribution >= 4 is 16.1 Å². The van der Waals surface area contributed by atoms with E-state index in [1.54, 1.807) is 0 Å². The van der Waals surface area contributed by atoms with Gasteiger partial charge in [0.2, 0.25) is 10.0 Å². The van der Waals surface area contributed by atoms with Gasteiger partial charge in [0.15, 0.2) is 0 Å². The number of methoxy groups -OCH3 is 1. The van der Waals surface area contributed by atoms with Crippen molar-refractivity contribution in [3.8, 4) is 0 Å². The number of carbonyl (C=O) groups excluding carboxylic acids is 1. The number of likely N-dealkylation sites (tertiary alicyclic amines) is 1. The fourth-order valence-corrected chi connectivity index (χ4v) is 1.85. The van der Waals surface area contributed by atoms with Crippen molar-refractivity contribution in [1.82, 2.24) is 9.62 Å². The standard InChI is InChI=1S/C8H16N2O5S/c1-14-7(9-16(2,12)13)15-8(11)10-5-3-4-6-10/h7,9H,3-6H2,1-2H3. The molecule has 1 fully saturated rings. The minimum Gasteiger partial charge on any atom is -0.404 e. The van der Waals surface area contributed by atoms with Crippen LogP contribution in [0, 0.1) is 0 Å². The lowest BCUT2D eigenvalue weighted by atomic mass is 10.4. The summed E-state index contributed by atoms with van der Waals surface area (Å²) in [6.07, 6.45) is 0.991. The Bertz CT molecular complexity index is 336. The van der Waals surface area contributed by atoms with Crippen LogP contribution in [0.15, 0.2) is 0 Å². The van der Waals surface area contributed by atoms with E-state index < -0.39 is 22.5 Å². The van der Waals surface area contributed by atoms with Crippen LogP contribution in [-0.2, 0) is 19.5 Å². The predicted octanol–water partition coefficient (Wildman–Crippen LogP) is -0.302. The third kappa shape index (κ3) is 4.33. The topological polar surface area (TPSA) is 84.9 Å². The lowest BCUT2D eigenvalue weighted by molar-refractivity contribution is -0.0954. The third-order valence-electron chi connectivity index (χ3n) is 2.10. The highest BCUT2D eigenvalue weighted by Gasteiger charge is 2.24. The first-order chi connectivity index (χ1) is 7.42. The van der Waals surface area contributed by atoms with Gasteiger partial charge in [0.05, 0.1) is 6.26 Å². The molecule has 1 unspecified atom stereocenters. The van der Waals surface area contributed by atoms with Crippen LogP contribution in [0.25, 0.3) is 0 Å². The highest BCUT2D eigenvalue weighted by atomic mass is 32.2. The molecule has 16 heavy (non-hydrogen) atoms. The van der Waals surface area contributed by atoms with Gasteiger partial charge in [-0.15, -0.1) is 0 Å². The second-order valence-corrected chi connectivity index (χ2v) is 5.32. The molecule has 1 atom stereocenters. The van der Waals surface area contributed by atoms with E-state index in [0.29, 0.717) is 13.1 Å². The fourth-order valence-electron chi connectivity index (χ4n) is 1.36. The Morgan fingerprint density at radius 1 is 1.38 bits per heavy atom. The highest BCUT2D eigenvalue weighted by Crippen LogP contribution is 2.09. The summed E-state index contributed by atoms with van der Waals surface area (Å²) in [7, 11) is -2.23. The van der Waals surface area contributed by atoms with Crippen molar-refractivity contribution in [3.05, 3.63) is 0 Å². The van der Waals surface area contributed by atoms with Crippen LogP contribution in [0.5, 0.6) is 0 Å². The molecule has 94 valence electrons. The van der Waals surface area contributed by atoms with Crippen molar-refractivity contribution in [3.63, 3.8) is 0 Å². The molecule has 7 nitrogen and oxygen atoms in total. The molecule has 0 spiro atoms. The number of nitrogens with zero attached hydrogens (tertiary/aromatic N) is 1. The second kappa shape index (κ2) is 5.46. The smallest absolute Gasteiger partial charge is 0.404 e. The first-order valence-corrected chi connectivity index (χ1v) is 6.77. The van der Waals surface area contributed by atoms with E-state index in [1.165, 1.54) is 12.0 Å². The summed E-state index contributed by atoms with van der Waals surface area (Å²) in [6, 6.07) is 0. The highest BCUT2D eigenvalue weighted by molar-refractivity contribution is 7.88. The van der Waals surface area contributed by atoms with E-state index >= 15 is 0 Å². The largest absolute Gasteiger partial charge is 0.413 e. The van der Waals surface area contributed by atoms with E-state index in [-0.39, 0.29) is 0 Å². The van der Waals surface area contributed by atoms with Gasteiger partial charge in [0.1, 0.15) is 0 Å². The first-order valence-electron chi connectivity index (χ1n) is 4.88. The Labute approximate surface area is 94.7 Å². The van der Waals surface area contributed by atoms with E-state index in [4.69, 9.17) is 9.47 Å². The van der Waals surface area contributed by atoms with Gasteiger partial charge in [-0.2, -0.15) is 4.72 Å². The maximum atomic E-state index is 11.5. The van der Waals surface area contributed by atoms with E-state index in [0.717, 1.165) is 19.1 Å². The average molecular weight is 252 g/mol. The minimum atomic E-state index is -3.48. The monoisotopic (exact) mass is 252 g/mol. The van der Waals surface area contributed by atoms with E-state index in [9.17, 15) is 13.2 Å². The van der Waals surface area contributed by atoms with Crippen LogP contribution in [0.2, 0.25) is 0 Å². The van der Waals surface area contributed by atoms with Crippen LogP contribution in [0.3, 0.4) is 0 Å². The molecule has 0 aromatic carbocycles. The maximum absolute atomic E-state index is 11.5. The van der Waals surface area contributed by atoms with Gasteiger partial charge < -0.3 is 14.4 Å². The zero-order chi connectivity index (χ0) is 12.2. The summed E-state index contributed by atoms with van der Waals surface area (Å²) >= 11 is 0. The molecule has 0 radical (unpaired) electrons. The van der Waals surface area contributed by atoms with Crippen molar-refractivity contribution in [2.45, 2.75) is 19.3 Å². The SMILES string of the molecule is COC(NS(C)(=O)=O)OC(=O)N1CCCC1. The normalized spacial score (nSPS) is 18.5. The molecular weight excluding hydrogens is 236 g/mol. The second-order valence-electron chi connectivity index (χ2n) is 3.54. The molecule has 1 N–H and O–H groups in total. The number of hydrogen-bond donors (Lipinski definition) is 1. The molecular formula is C8H16N2O5S. The summed E-state index contributed by atoms with van der Waals surface area (Å²) < 4.78 is 33.4. The summed E-state index contributed by atoms with van der Waals surface area (Å²) in [6.45, 7) is 1.27. The molecule has 0 aliphatic carbocycles. The van der Waals surface area contributed by atoms with Gasteiger partial charge in [-0.1, -0.05) is 0 Å². The zero-order valence-corrected chi connectivity index (χ0v) is 10.1. The molecule has 0 aromatic heterocycles. The van der Waals surface area contributed by atoms with E-state index in [2.05, 4.69) is 0 Å². The number of nitrogens with one attached hydrogen (secondary N) is 1. The summed E-state index contributed by atoms with van der Waals surface area (Å²) in [5, 5.41) is 0. The van der Waals surface area contributed by atoms with Crippen molar-refractivity contribution in [1.29, 1.82) is 0 Å². The average Bonchev–Trinajstić information content (AvgIpc) is 2.67. The van der Waals surface area contributed by atoms with Gasteiger partial charge in [0, 0.05) is 20.2 Å². The Balaban J connectivity index is 2.46. The summed E-state index contributed by atoms with van der Waals surface area (Å²) in [5.41, 5.74) is 0. The van der Waals surface area contributed by atoms with Gasteiger partial charge in [0.25, 0.3) is 6.41 Å². The van der Waals surface area contributed by atoms with Crippen LogP contribution in [0.4, 0.5) is 4.79 Å². The molecule has 1 aliphatic heterocycles. The van der Waals surface area contributed by atoms with Crippen LogP contribution < -0.4 is 4.72 Å². The Hall–Kier alpha value is -0.860. The lowest BCUT2D eigenvalue weighted by Gasteiger charge is -2.20. The molecule has 1 amide bonds. The van der Waals surface area contributed by atoms with Gasteiger partial charge in [-0.25, -0.2) is 13.2 Å². The Morgan fingerprint density at radius 2 is 1.94 bits per heavy atom. The Kier molecular flexibility index (Phi) is 4.51. The molecule has 0 bridgehead atoms. The molecule has 1 heterocycles. The van der Waals surface area contributed by atoms with Gasteiger partial charge >= 0.3 is 6.09 Å². The lowest BCUT2D eigenvalue weighted by Crippen LogP contribution is -2.42. The van der Waals surface area contributed by atoms with Gasteiger partial charge in [-0.05, 0) is 12.8 Å². The van der Waals surface area contributed by atoms with Gasteiger partial charge in [-0.3, -0.25) is 0 Å². The van der Waals surface area contributed by atoms with Crippen LogP contribution >= 0.6 is 0 Å². The quantitative estimate of drug-likeness (QED) is 0.694. The third-order valence-corrected chi connectivity index (χ3v) is 2.72. The maximum Gasteiger partial charge on any atom is 0.413 e. The number of ether oxygens (including phenoxy) is 2.